The average Bonchev–Trinajstić information content (AvgIpc) is 3.51. The van der Waals surface area contributed by atoms with Crippen molar-refractivity contribution in [1.82, 2.24) is 19.1 Å². The van der Waals surface area contributed by atoms with Gasteiger partial charge in [0.25, 0.3) is 10.0 Å². The standard InChI is InChI=1S/C21H20ClN5O3S3/c1-13-12-18(27(25-13)21-23-14-6-2-3-8-16(14)31-21)24-20(28)15-7-4-5-11-26(15)33(29,30)19-10-9-17(22)32-19/h2-3,6,8-10,12,15H,4-5,7,11H2,1H3,(H,24,28). The minimum atomic E-state index is -3.83. The summed E-state index contributed by atoms with van der Waals surface area (Å²) in [5.74, 6) is 0.0711. The molecule has 0 saturated carbocycles. The summed E-state index contributed by atoms with van der Waals surface area (Å²) in [6, 6.07) is 11.7. The molecular formula is C21H20ClN5O3S3. The van der Waals surface area contributed by atoms with Crippen molar-refractivity contribution in [2.24, 2.45) is 0 Å². The van der Waals surface area contributed by atoms with Gasteiger partial charge >= 0.3 is 0 Å². The van der Waals surface area contributed by atoms with Gasteiger partial charge in [0.2, 0.25) is 11.0 Å². The van der Waals surface area contributed by atoms with E-state index in [4.69, 9.17) is 11.6 Å². The summed E-state index contributed by atoms with van der Waals surface area (Å²) in [6.07, 6.45) is 1.91. The van der Waals surface area contributed by atoms with E-state index in [-0.39, 0.29) is 16.7 Å². The highest BCUT2D eigenvalue weighted by molar-refractivity contribution is 7.91. The van der Waals surface area contributed by atoms with Crippen molar-refractivity contribution >= 4 is 66.2 Å². The topological polar surface area (TPSA) is 97.2 Å². The van der Waals surface area contributed by atoms with Crippen molar-refractivity contribution in [1.29, 1.82) is 0 Å². The van der Waals surface area contributed by atoms with E-state index in [1.54, 1.807) is 16.8 Å². The molecule has 1 fully saturated rings. The number of fused-ring (bicyclic) bond motifs is 1. The number of hydrogen-bond acceptors (Lipinski definition) is 7. The number of para-hydroxylation sites is 1. The monoisotopic (exact) mass is 521 g/mol. The van der Waals surface area contributed by atoms with Crippen LogP contribution in [0.4, 0.5) is 5.82 Å². The normalized spacial score (nSPS) is 17.5. The summed E-state index contributed by atoms with van der Waals surface area (Å²) in [4.78, 5) is 18.0. The molecule has 1 aliphatic rings. The fraction of sp³-hybridized carbons (Fsp3) is 0.286. The van der Waals surface area contributed by atoms with Crippen molar-refractivity contribution in [3.8, 4) is 5.13 Å². The number of piperidine rings is 1. The number of hydrogen-bond donors (Lipinski definition) is 1. The number of nitrogens with zero attached hydrogens (tertiary/aromatic N) is 4. The minimum Gasteiger partial charge on any atom is -0.309 e. The van der Waals surface area contributed by atoms with E-state index in [2.05, 4.69) is 15.4 Å². The van der Waals surface area contributed by atoms with E-state index < -0.39 is 16.1 Å². The van der Waals surface area contributed by atoms with Crippen LogP contribution >= 0.6 is 34.3 Å². The first-order valence-electron chi connectivity index (χ1n) is 10.3. The Morgan fingerprint density at radius 2 is 2.00 bits per heavy atom. The number of benzene rings is 1. The molecule has 5 rings (SSSR count). The van der Waals surface area contributed by atoms with Crippen LogP contribution in [0.5, 0.6) is 0 Å². The lowest BCUT2D eigenvalue weighted by molar-refractivity contribution is -0.120. The molecule has 1 N–H and O–H groups in total. The summed E-state index contributed by atoms with van der Waals surface area (Å²) in [5.41, 5.74) is 1.56. The predicted molar refractivity (Wildman–Crippen MR) is 131 cm³/mol. The lowest BCUT2D eigenvalue weighted by atomic mass is 10.0. The first-order valence-corrected chi connectivity index (χ1v) is 13.8. The third kappa shape index (κ3) is 4.31. The molecule has 0 bridgehead atoms. The van der Waals surface area contributed by atoms with Crippen LogP contribution in [0.15, 0.2) is 46.7 Å². The van der Waals surface area contributed by atoms with Crippen molar-refractivity contribution in [2.45, 2.75) is 36.4 Å². The molecule has 0 spiro atoms. The second kappa shape index (κ2) is 8.80. The summed E-state index contributed by atoms with van der Waals surface area (Å²) in [7, 11) is -3.83. The van der Waals surface area contributed by atoms with Crippen LogP contribution in [0.25, 0.3) is 15.3 Å². The lowest BCUT2D eigenvalue weighted by Gasteiger charge is -2.33. The Kier molecular flexibility index (Phi) is 6.00. The fourth-order valence-corrected chi connectivity index (χ4v) is 8.10. The highest BCUT2D eigenvalue weighted by Gasteiger charge is 2.38. The molecule has 4 aromatic rings. The molecule has 3 aromatic heterocycles. The van der Waals surface area contributed by atoms with Gasteiger partial charge in [0, 0.05) is 12.6 Å². The van der Waals surface area contributed by atoms with Crippen LogP contribution in [0.2, 0.25) is 4.34 Å². The van der Waals surface area contributed by atoms with E-state index in [1.807, 2.05) is 31.2 Å². The Morgan fingerprint density at radius 3 is 2.76 bits per heavy atom. The number of thiophene rings is 1. The molecule has 8 nitrogen and oxygen atoms in total. The molecule has 0 radical (unpaired) electrons. The number of aryl methyl sites for hydroxylation is 1. The van der Waals surface area contributed by atoms with Gasteiger partial charge in [-0.25, -0.2) is 13.4 Å². The largest absolute Gasteiger partial charge is 0.309 e. The number of sulfonamides is 1. The van der Waals surface area contributed by atoms with Crippen molar-refractivity contribution in [3.63, 3.8) is 0 Å². The maximum absolute atomic E-state index is 13.3. The van der Waals surface area contributed by atoms with Gasteiger partial charge in [-0.15, -0.1) is 11.3 Å². The number of halogens is 1. The molecule has 1 saturated heterocycles. The molecular weight excluding hydrogens is 502 g/mol. The molecule has 1 amide bonds. The van der Waals surface area contributed by atoms with Gasteiger partial charge < -0.3 is 5.32 Å². The number of carbonyl (C=O) groups excluding carboxylic acids is 1. The van der Waals surface area contributed by atoms with Gasteiger partial charge in [-0.3, -0.25) is 4.79 Å². The van der Waals surface area contributed by atoms with Crippen LogP contribution in [0.3, 0.4) is 0 Å². The van der Waals surface area contributed by atoms with E-state index >= 15 is 0 Å². The lowest BCUT2D eigenvalue weighted by Crippen LogP contribution is -2.49. The van der Waals surface area contributed by atoms with Gasteiger partial charge in [-0.05, 0) is 44.0 Å². The Morgan fingerprint density at radius 1 is 1.18 bits per heavy atom. The Hall–Kier alpha value is -2.31. The van der Waals surface area contributed by atoms with Crippen molar-refractivity contribution < 1.29 is 13.2 Å². The number of thiazole rings is 1. The minimum absolute atomic E-state index is 0.141. The number of anilines is 1. The van der Waals surface area contributed by atoms with Crippen molar-refractivity contribution in [2.75, 3.05) is 11.9 Å². The van der Waals surface area contributed by atoms with Gasteiger partial charge in [0.1, 0.15) is 16.1 Å². The molecule has 0 aliphatic carbocycles. The van der Waals surface area contributed by atoms with E-state index in [0.717, 1.165) is 28.0 Å². The van der Waals surface area contributed by atoms with Gasteiger partial charge in [-0.1, -0.05) is 41.5 Å². The van der Waals surface area contributed by atoms with Gasteiger partial charge in [0.05, 0.1) is 20.2 Å². The summed E-state index contributed by atoms with van der Waals surface area (Å²) in [5, 5.41) is 8.03. The first-order chi connectivity index (χ1) is 15.8. The number of amides is 1. The van der Waals surface area contributed by atoms with Gasteiger partial charge in [0.15, 0.2) is 0 Å². The summed E-state index contributed by atoms with van der Waals surface area (Å²) >= 11 is 8.42. The zero-order valence-electron chi connectivity index (χ0n) is 17.6. The molecule has 4 heterocycles. The second-order valence-corrected chi connectivity index (χ2v) is 12.6. The number of carbonyl (C=O) groups is 1. The predicted octanol–water partition coefficient (Wildman–Crippen LogP) is 4.69. The highest BCUT2D eigenvalue weighted by atomic mass is 35.5. The van der Waals surface area contributed by atoms with E-state index in [9.17, 15) is 13.2 Å². The van der Waals surface area contributed by atoms with Gasteiger partial charge in [-0.2, -0.15) is 14.1 Å². The van der Waals surface area contributed by atoms with Crippen LogP contribution in [0.1, 0.15) is 25.0 Å². The maximum atomic E-state index is 13.3. The van der Waals surface area contributed by atoms with Crippen molar-refractivity contribution in [3.05, 3.63) is 52.5 Å². The quantitative estimate of drug-likeness (QED) is 0.411. The molecule has 1 aromatic carbocycles. The SMILES string of the molecule is Cc1cc(NC(=O)C2CCCCN2S(=O)(=O)c2ccc(Cl)s2)n(-c2nc3ccccc3s2)n1. The average molecular weight is 522 g/mol. The Labute approximate surface area is 203 Å². The Bertz CT molecular complexity index is 1410. The smallest absolute Gasteiger partial charge is 0.253 e. The van der Waals surface area contributed by atoms with Crippen LogP contribution in [0, 0.1) is 6.92 Å². The van der Waals surface area contributed by atoms with Crippen LogP contribution in [-0.2, 0) is 14.8 Å². The first kappa shape index (κ1) is 22.5. The maximum Gasteiger partial charge on any atom is 0.253 e. The molecule has 12 heteroatoms. The Balaban J connectivity index is 1.44. The van der Waals surface area contributed by atoms with Crippen LogP contribution < -0.4 is 5.32 Å². The summed E-state index contributed by atoms with van der Waals surface area (Å²) in [6.45, 7) is 2.11. The molecule has 1 atom stereocenters. The third-order valence-electron chi connectivity index (χ3n) is 5.41. The number of rotatable bonds is 5. The zero-order chi connectivity index (χ0) is 23.2. The van der Waals surface area contributed by atoms with E-state index in [1.165, 1.54) is 21.7 Å². The summed E-state index contributed by atoms with van der Waals surface area (Å²) < 4.78 is 30.9. The second-order valence-electron chi connectivity index (χ2n) is 7.72. The number of nitrogens with one attached hydrogen (secondary N) is 1. The molecule has 33 heavy (non-hydrogen) atoms. The number of aromatic nitrogens is 3. The molecule has 1 aliphatic heterocycles. The van der Waals surface area contributed by atoms with Crippen LogP contribution in [-0.4, -0.2) is 46.0 Å². The third-order valence-corrected chi connectivity index (χ3v) is 10.0. The van der Waals surface area contributed by atoms with E-state index in [0.29, 0.717) is 33.8 Å². The highest BCUT2D eigenvalue weighted by Crippen LogP contribution is 2.32. The molecule has 172 valence electrons. The fourth-order valence-electron chi connectivity index (χ4n) is 3.90. The zero-order valence-corrected chi connectivity index (χ0v) is 20.8. The molecule has 1 unspecified atom stereocenters.